The minimum absolute atomic E-state index is 0.123. The predicted octanol–water partition coefficient (Wildman–Crippen LogP) is 4.99. The van der Waals surface area contributed by atoms with Gasteiger partial charge in [0.15, 0.2) is 0 Å². The molecule has 2 N–H and O–H groups in total. The summed E-state index contributed by atoms with van der Waals surface area (Å²) in [6.07, 6.45) is 0. The Balaban J connectivity index is 2.01. The Kier molecular flexibility index (Phi) is 5.63. The number of aromatic hydroxyl groups is 1. The lowest BCUT2D eigenvalue weighted by molar-refractivity contribution is -0.132. The molecule has 1 atom stereocenters. The van der Waals surface area contributed by atoms with Crippen LogP contribution in [-0.2, 0) is 9.59 Å². The minimum atomic E-state index is -0.965. The second-order valence-electron chi connectivity index (χ2n) is 7.42. The zero-order chi connectivity index (χ0) is 23.0. The van der Waals surface area contributed by atoms with Crippen molar-refractivity contribution >= 4 is 34.7 Å². The van der Waals surface area contributed by atoms with E-state index in [0.717, 1.165) is 5.56 Å². The molecule has 0 saturated carbocycles. The largest absolute Gasteiger partial charge is 0.507 e. The number of ketones is 1. The lowest BCUT2D eigenvalue weighted by Crippen LogP contribution is -2.29. The number of aliphatic hydroxyl groups is 1. The van der Waals surface area contributed by atoms with Crippen molar-refractivity contribution in [1.29, 1.82) is 0 Å². The molecular weight excluding hydrogens is 430 g/mol. The SMILES string of the molecule is COc1ccc(Cl)cc1/C(O)=C1\C(=O)C(=O)N(c2cc(C)ccc2O)C1c1ccccc1. The van der Waals surface area contributed by atoms with Gasteiger partial charge in [0.25, 0.3) is 11.7 Å². The van der Waals surface area contributed by atoms with Crippen molar-refractivity contribution in [3.05, 3.63) is 94.0 Å². The van der Waals surface area contributed by atoms with Gasteiger partial charge in [-0.25, -0.2) is 0 Å². The van der Waals surface area contributed by atoms with Gasteiger partial charge in [0, 0.05) is 5.02 Å². The number of anilines is 1. The zero-order valence-corrected chi connectivity index (χ0v) is 18.1. The van der Waals surface area contributed by atoms with Gasteiger partial charge in [0.05, 0.1) is 30.0 Å². The first kappa shape index (κ1) is 21.5. The van der Waals surface area contributed by atoms with E-state index in [4.69, 9.17) is 16.3 Å². The van der Waals surface area contributed by atoms with Crippen molar-refractivity contribution in [3.63, 3.8) is 0 Å². The number of benzene rings is 3. The average Bonchev–Trinajstić information content (AvgIpc) is 3.06. The maximum atomic E-state index is 13.2. The summed E-state index contributed by atoms with van der Waals surface area (Å²) in [5.74, 6) is -2.00. The maximum Gasteiger partial charge on any atom is 0.300 e. The Morgan fingerprint density at radius 2 is 1.75 bits per heavy atom. The molecule has 1 aliphatic heterocycles. The van der Waals surface area contributed by atoms with E-state index in [9.17, 15) is 19.8 Å². The van der Waals surface area contributed by atoms with Crippen LogP contribution in [0.1, 0.15) is 22.7 Å². The Hall–Kier alpha value is -3.77. The highest BCUT2D eigenvalue weighted by molar-refractivity contribution is 6.52. The van der Waals surface area contributed by atoms with Crippen molar-refractivity contribution < 1.29 is 24.5 Å². The van der Waals surface area contributed by atoms with E-state index in [1.807, 2.05) is 6.92 Å². The van der Waals surface area contributed by atoms with Crippen LogP contribution in [0, 0.1) is 6.92 Å². The van der Waals surface area contributed by atoms with Crippen LogP contribution in [-0.4, -0.2) is 29.0 Å². The highest BCUT2D eigenvalue weighted by Gasteiger charge is 2.48. The van der Waals surface area contributed by atoms with E-state index in [0.29, 0.717) is 16.3 Å². The van der Waals surface area contributed by atoms with Crippen molar-refractivity contribution in [3.8, 4) is 11.5 Å². The van der Waals surface area contributed by atoms with Gasteiger partial charge >= 0.3 is 0 Å². The lowest BCUT2D eigenvalue weighted by Gasteiger charge is -2.26. The number of nitrogens with zero attached hydrogens (tertiary/aromatic N) is 1. The van der Waals surface area contributed by atoms with Gasteiger partial charge < -0.3 is 14.9 Å². The molecule has 4 rings (SSSR count). The molecule has 1 saturated heterocycles. The summed E-state index contributed by atoms with van der Waals surface area (Å²) < 4.78 is 5.33. The summed E-state index contributed by atoms with van der Waals surface area (Å²) in [6, 6.07) is 17.3. The highest BCUT2D eigenvalue weighted by Crippen LogP contribution is 2.45. The fourth-order valence-corrected chi connectivity index (χ4v) is 4.04. The van der Waals surface area contributed by atoms with E-state index in [2.05, 4.69) is 0 Å². The first-order valence-electron chi connectivity index (χ1n) is 9.83. The molecule has 1 fully saturated rings. The van der Waals surface area contributed by atoms with Crippen LogP contribution in [0.3, 0.4) is 0 Å². The molecule has 1 unspecified atom stereocenters. The van der Waals surface area contributed by atoms with E-state index < -0.39 is 23.5 Å². The third-order valence-electron chi connectivity index (χ3n) is 5.37. The fourth-order valence-electron chi connectivity index (χ4n) is 3.87. The van der Waals surface area contributed by atoms with Gasteiger partial charge in [-0.05, 0) is 48.4 Å². The molecule has 3 aromatic rings. The molecule has 162 valence electrons. The third-order valence-corrected chi connectivity index (χ3v) is 5.60. The monoisotopic (exact) mass is 449 g/mol. The fraction of sp³-hybridized carbons (Fsp3) is 0.120. The summed E-state index contributed by atoms with van der Waals surface area (Å²) in [5.41, 5.74) is 1.63. The van der Waals surface area contributed by atoms with E-state index >= 15 is 0 Å². The Labute approximate surface area is 189 Å². The van der Waals surface area contributed by atoms with Crippen LogP contribution in [0.25, 0.3) is 5.76 Å². The maximum absolute atomic E-state index is 13.2. The Bertz CT molecular complexity index is 1250. The number of phenolic OH excluding ortho intramolecular Hbond substituents is 1. The zero-order valence-electron chi connectivity index (χ0n) is 17.4. The minimum Gasteiger partial charge on any atom is -0.507 e. The number of carbonyl (C=O) groups excluding carboxylic acids is 2. The highest BCUT2D eigenvalue weighted by atomic mass is 35.5. The molecule has 0 spiro atoms. The molecule has 0 radical (unpaired) electrons. The second-order valence-corrected chi connectivity index (χ2v) is 7.85. The Morgan fingerprint density at radius 3 is 2.44 bits per heavy atom. The number of carbonyl (C=O) groups is 2. The van der Waals surface area contributed by atoms with Crippen molar-refractivity contribution in [2.75, 3.05) is 12.0 Å². The summed E-state index contributed by atoms with van der Waals surface area (Å²) in [4.78, 5) is 27.6. The summed E-state index contributed by atoms with van der Waals surface area (Å²) >= 11 is 6.12. The number of halogens is 1. The molecule has 32 heavy (non-hydrogen) atoms. The number of Topliss-reactive ketones (excluding diaryl/α,β-unsaturated/α-hetero) is 1. The number of ether oxygens (including phenoxy) is 1. The summed E-state index contributed by atoms with van der Waals surface area (Å²) in [5, 5.41) is 22.1. The molecular formula is C25H20ClNO5. The number of amides is 1. The number of methoxy groups -OCH3 is 1. The van der Waals surface area contributed by atoms with Gasteiger partial charge in [-0.2, -0.15) is 0 Å². The van der Waals surface area contributed by atoms with Gasteiger partial charge in [-0.1, -0.05) is 48.0 Å². The normalized spacial score (nSPS) is 17.6. The standard InChI is InChI=1S/C25H20ClNO5/c1-14-8-10-19(28)18(12-14)27-22(15-6-4-3-5-7-15)21(24(30)25(27)31)23(29)17-13-16(26)9-11-20(17)32-2/h3-13,22,28-29H,1-2H3/b23-21+. The number of aliphatic hydroxyl groups excluding tert-OH is 1. The first-order valence-corrected chi connectivity index (χ1v) is 10.2. The molecule has 1 amide bonds. The van der Waals surface area contributed by atoms with Gasteiger partial charge in [-0.3, -0.25) is 14.5 Å². The van der Waals surface area contributed by atoms with Gasteiger partial charge in [-0.15, -0.1) is 0 Å². The van der Waals surface area contributed by atoms with E-state index in [1.165, 1.54) is 24.1 Å². The van der Waals surface area contributed by atoms with Crippen molar-refractivity contribution in [2.45, 2.75) is 13.0 Å². The number of rotatable bonds is 4. The van der Waals surface area contributed by atoms with Crippen molar-refractivity contribution in [1.82, 2.24) is 0 Å². The van der Waals surface area contributed by atoms with Crippen LogP contribution in [0.15, 0.2) is 72.3 Å². The third kappa shape index (κ3) is 3.59. The quantitative estimate of drug-likeness (QED) is 0.333. The van der Waals surface area contributed by atoms with Crippen LogP contribution in [0.4, 0.5) is 5.69 Å². The Morgan fingerprint density at radius 1 is 1.03 bits per heavy atom. The smallest absolute Gasteiger partial charge is 0.300 e. The van der Waals surface area contributed by atoms with Crippen LogP contribution < -0.4 is 9.64 Å². The second kappa shape index (κ2) is 8.40. The molecule has 1 aliphatic rings. The molecule has 0 bridgehead atoms. The first-order chi connectivity index (χ1) is 15.3. The molecule has 3 aromatic carbocycles. The summed E-state index contributed by atoms with van der Waals surface area (Å²) in [6.45, 7) is 1.81. The topological polar surface area (TPSA) is 87.1 Å². The molecule has 1 heterocycles. The van der Waals surface area contributed by atoms with Gasteiger partial charge in [0.2, 0.25) is 0 Å². The number of hydrogen-bond donors (Lipinski definition) is 2. The number of hydrogen-bond acceptors (Lipinski definition) is 5. The predicted molar refractivity (Wildman–Crippen MR) is 122 cm³/mol. The number of phenols is 1. The van der Waals surface area contributed by atoms with E-state index in [-0.39, 0.29) is 22.6 Å². The van der Waals surface area contributed by atoms with Crippen LogP contribution in [0.2, 0.25) is 5.02 Å². The van der Waals surface area contributed by atoms with Crippen LogP contribution in [0.5, 0.6) is 11.5 Å². The molecule has 0 aliphatic carbocycles. The summed E-state index contributed by atoms with van der Waals surface area (Å²) in [7, 11) is 1.43. The molecule has 0 aromatic heterocycles. The average molecular weight is 450 g/mol. The van der Waals surface area contributed by atoms with Crippen molar-refractivity contribution in [2.24, 2.45) is 0 Å². The molecule has 6 nitrogen and oxygen atoms in total. The van der Waals surface area contributed by atoms with Crippen LogP contribution >= 0.6 is 11.6 Å². The van der Waals surface area contributed by atoms with E-state index in [1.54, 1.807) is 54.6 Å². The molecule has 7 heteroatoms. The number of aryl methyl sites for hydroxylation is 1. The lowest BCUT2D eigenvalue weighted by atomic mass is 9.94. The van der Waals surface area contributed by atoms with Gasteiger partial charge in [0.1, 0.15) is 17.3 Å².